The molecular weight excluding hydrogens is 322 g/mol. The lowest BCUT2D eigenvalue weighted by atomic mass is 10.1. The molecule has 2 amide bonds. The monoisotopic (exact) mass is 343 g/mol. The van der Waals surface area contributed by atoms with E-state index in [1.807, 2.05) is 38.1 Å². The second-order valence-electron chi connectivity index (χ2n) is 6.24. The number of piperazine rings is 1. The van der Waals surface area contributed by atoms with Gasteiger partial charge in [0, 0.05) is 30.8 Å². The first-order chi connectivity index (χ1) is 12.0. The van der Waals surface area contributed by atoms with Gasteiger partial charge in [0.15, 0.2) is 5.69 Å². The Morgan fingerprint density at radius 1 is 1.24 bits per heavy atom. The molecule has 0 unspecified atom stereocenters. The van der Waals surface area contributed by atoms with E-state index in [4.69, 9.17) is 9.26 Å². The summed E-state index contributed by atoms with van der Waals surface area (Å²) in [4.78, 5) is 28.2. The van der Waals surface area contributed by atoms with Gasteiger partial charge in [-0.25, -0.2) is 0 Å². The van der Waals surface area contributed by atoms with Crippen molar-refractivity contribution in [3.8, 4) is 5.75 Å². The summed E-state index contributed by atoms with van der Waals surface area (Å²) in [6.07, 6.45) is 0. The maximum atomic E-state index is 12.5. The van der Waals surface area contributed by atoms with Crippen LogP contribution >= 0.6 is 0 Å². The summed E-state index contributed by atoms with van der Waals surface area (Å²) in [7, 11) is 1.60. The van der Waals surface area contributed by atoms with Gasteiger partial charge < -0.3 is 19.1 Å². The molecule has 0 N–H and O–H groups in total. The minimum absolute atomic E-state index is 0.0226. The van der Waals surface area contributed by atoms with Gasteiger partial charge in [0.25, 0.3) is 5.91 Å². The van der Waals surface area contributed by atoms with Crippen LogP contribution in [0.2, 0.25) is 0 Å². The zero-order chi connectivity index (χ0) is 18.0. The Labute approximate surface area is 146 Å². The molecule has 0 radical (unpaired) electrons. The fraction of sp³-hybridized carbons (Fsp3) is 0.389. The number of aromatic nitrogens is 1. The Kier molecular flexibility index (Phi) is 4.74. The molecule has 0 aliphatic carbocycles. The highest BCUT2D eigenvalue weighted by Gasteiger charge is 2.30. The van der Waals surface area contributed by atoms with Crippen LogP contribution in [-0.2, 0) is 4.79 Å². The smallest absolute Gasteiger partial charge is 0.276 e. The van der Waals surface area contributed by atoms with Crippen molar-refractivity contribution >= 4 is 17.5 Å². The Bertz CT molecular complexity index is 767. The van der Waals surface area contributed by atoms with E-state index in [1.165, 1.54) is 4.90 Å². The minimum atomic E-state index is -0.279. The van der Waals surface area contributed by atoms with Gasteiger partial charge in [0.2, 0.25) is 5.91 Å². The normalized spacial score (nSPS) is 15.0. The Balaban J connectivity index is 1.68. The summed E-state index contributed by atoms with van der Waals surface area (Å²) in [6.45, 7) is 4.83. The van der Waals surface area contributed by atoms with Crippen LogP contribution in [-0.4, -0.2) is 48.6 Å². The van der Waals surface area contributed by atoms with Gasteiger partial charge in [-0.05, 0) is 24.3 Å². The van der Waals surface area contributed by atoms with Gasteiger partial charge in [0.1, 0.15) is 18.1 Å². The lowest BCUT2D eigenvalue weighted by Gasteiger charge is -2.34. The van der Waals surface area contributed by atoms with Crippen LogP contribution in [0.3, 0.4) is 0 Å². The third-order valence-electron chi connectivity index (χ3n) is 4.21. The Morgan fingerprint density at radius 3 is 2.52 bits per heavy atom. The van der Waals surface area contributed by atoms with E-state index >= 15 is 0 Å². The fourth-order valence-corrected chi connectivity index (χ4v) is 2.71. The lowest BCUT2D eigenvalue weighted by Crippen LogP contribution is -2.52. The molecule has 2 heterocycles. The Hall–Kier alpha value is -2.83. The van der Waals surface area contributed by atoms with E-state index in [-0.39, 0.29) is 30.0 Å². The predicted molar refractivity (Wildman–Crippen MR) is 91.8 cm³/mol. The zero-order valence-corrected chi connectivity index (χ0v) is 14.6. The largest absolute Gasteiger partial charge is 0.497 e. The van der Waals surface area contributed by atoms with Gasteiger partial charge in [-0.1, -0.05) is 19.0 Å². The van der Waals surface area contributed by atoms with Crippen molar-refractivity contribution in [2.24, 2.45) is 0 Å². The highest BCUT2D eigenvalue weighted by atomic mass is 16.5. The van der Waals surface area contributed by atoms with Gasteiger partial charge in [-0.15, -0.1) is 0 Å². The number of benzene rings is 1. The van der Waals surface area contributed by atoms with Gasteiger partial charge in [-0.3, -0.25) is 9.59 Å². The van der Waals surface area contributed by atoms with Gasteiger partial charge in [-0.2, -0.15) is 0 Å². The first kappa shape index (κ1) is 17.0. The summed E-state index contributed by atoms with van der Waals surface area (Å²) in [5, 5.41) is 3.83. The molecule has 0 spiro atoms. The molecular formula is C18H21N3O4. The van der Waals surface area contributed by atoms with E-state index in [1.54, 1.807) is 18.1 Å². The number of carbonyl (C=O) groups excluding carboxylic acids is 2. The van der Waals surface area contributed by atoms with E-state index in [0.717, 1.165) is 11.4 Å². The first-order valence-electron chi connectivity index (χ1n) is 8.20. The molecule has 1 aromatic carbocycles. The standard InChI is InChI=1S/C18H21N3O4/c1-12(2)16-10-15(19-25-16)18(23)20-8-9-21(17(22)11-20)13-4-6-14(24-3)7-5-13/h4-7,10,12H,8-9,11H2,1-3H3. The summed E-state index contributed by atoms with van der Waals surface area (Å²) in [6, 6.07) is 8.93. The van der Waals surface area contributed by atoms with Gasteiger partial charge >= 0.3 is 0 Å². The molecule has 7 heteroatoms. The van der Waals surface area contributed by atoms with E-state index in [9.17, 15) is 9.59 Å². The quantitative estimate of drug-likeness (QED) is 0.851. The molecule has 0 atom stereocenters. The molecule has 1 saturated heterocycles. The van der Waals surface area contributed by atoms with Crippen LogP contribution in [0.15, 0.2) is 34.9 Å². The summed E-state index contributed by atoms with van der Waals surface area (Å²) in [5.74, 6) is 1.14. The third kappa shape index (κ3) is 3.50. The number of nitrogens with zero attached hydrogens (tertiary/aromatic N) is 3. The second kappa shape index (κ2) is 6.96. The SMILES string of the molecule is COc1ccc(N2CCN(C(=O)c3cc(C(C)C)on3)CC2=O)cc1. The van der Waals surface area contributed by atoms with Crippen molar-refractivity contribution in [3.05, 3.63) is 41.8 Å². The van der Waals surface area contributed by atoms with Crippen molar-refractivity contribution in [2.75, 3.05) is 31.6 Å². The summed E-state index contributed by atoms with van der Waals surface area (Å²) in [5.41, 5.74) is 1.04. The molecule has 7 nitrogen and oxygen atoms in total. The second-order valence-corrected chi connectivity index (χ2v) is 6.24. The van der Waals surface area contributed by atoms with Crippen LogP contribution in [0.1, 0.15) is 36.0 Å². The highest BCUT2D eigenvalue weighted by Crippen LogP contribution is 2.22. The molecule has 0 saturated carbocycles. The topological polar surface area (TPSA) is 75.9 Å². The van der Waals surface area contributed by atoms with Crippen molar-refractivity contribution in [1.82, 2.24) is 10.1 Å². The number of amides is 2. The van der Waals surface area contributed by atoms with E-state index in [2.05, 4.69) is 5.16 Å². The zero-order valence-electron chi connectivity index (χ0n) is 14.6. The molecule has 25 heavy (non-hydrogen) atoms. The predicted octanol–water partition coefficient (Wildman–Crippen LogP) is 2.30. The maximum Gasteiger partial charge on any atom is 0.276 e. The van der Waals surface area contributed by atoms with Crippen molar-refractivity contribution in [1.29, 1.82) is 0 Å². The molecule has 1 fully saturated rings. The highest BCUT2D eigenvalue weighted by molar-refractivity contribution is 6.01. The number of hydrogen-bond donors (Lipinski definition) is 0. The van der Waals surface area contributed by atoms with Crippen molar-refractivity contribution in [3.63, 3.8) is 0 Å². The maximum absolute atomic E-state index is 12.5. The molecule has 1 aromatic heterocycles. The molecule has 132 valence electrons. The third-order valence-corrected chi connectivity index (χ3v) is 4.21. The number of ether oxygens (including phenoxy) is 1. The van der Waals surface area contributed by atoms with Crippen LogP contribution in [0, 0.1) is 0 Å². The minimum Gasteiger partial charge on any atom is -0.497 e. The van der Waals surface area contributed by atoms with E-state index in [0.29, 0.717) is 18.8 Å². The fourth-order valence-electron chi connectivity index (χ4n) is 2.71. The number of carbonyl (C=O) groups is 2. The number of rotatable bonds is 4. The van der Waals surface area contributed by atoms with Crippen molar-refractivity contribution in [2.45, 2.75) is 19.8 Å². The number of methoxy groups -OCH3 is 1. The van der Waals surface area contributed by atoms with Crippen LogP contribution in [0.5, 0.6) is 5.75 Å². The van der Waals surface area contributed by atoms with Gasteiger partial charge in [0.05, 0.1) is 7.11 Å². The lowest BCUT2D eigenvalue weighted by molar-refractivity contribution is -0.120. The summed E-state index contributed by atoms with van der Waals surface area (Å²) >= 11 is 0. The first-order valence-corrected chi connectivity index (χ1v) is 8.20. The average molecular weight is 343 g/mol. The number of anilines is 1. The molecule has 3 rings (SSSR count). The molecule has 2 aromatic rings. The number of hydrogen-bond acceptors (Lipinski definition) is 5. The van der Waals surface area contributed by atoms with Crippen molar-refractivity contribution < 1.29 is 18.8 Å². The average Bonchev–Trinajstić information content (AvgIpc) is 3.11. The molecule has 0 bridgehead atoms. The van der Waals surface area contributed by atoms with Crippen LogP contribution in [0.4, 0.5) is 5.69 Å². The van der Waals surface area contributed by atoms with Crippen LogP contribution < -0.4 is 9.64 Å². The molecule has 1 aliphatic heterocycles. The van der Waals surface area contributed by atoms with Crippen LogP contribution in [0.25, 0.3) is 0 Å². The van der Waals surface area contributed by atoms with E-state index < -0.39 is 0 Å². The summed E-state index contributed by atoms with van der Waals surface area (Å²) < 4.78 is 10.3. The molecule has 1 aliphatic rings. The Morgan fingerprint density at radius 2 is 1.96 bits per heavy atom.